The summed E-state index contributed by atoms with van der Waals surface area (Å²) in [7, 11) is 0. The third-order valence-corrected chi connectivity index (χ3v) is 3.35. The van der Waals surface area contributed by atoms with Crippen molar-refractivity contribution in [2.45, 2.75) is 73.5 Å². The van der Waals surface area contributed by atoms with E-state index in [0.717, 1.165) is 6.42 Å². The maximum atomic E-state index is 11.8. The second-order valence-corrected chi connectivity index (χ2v) is 7.29. The van der Waals surface area contributed by atoms with Crippen molar-refractivity contribution in [1.82, 2.24) is 0 Å². The molecular weight excluding hydrogens is 496 g/mol. The minimum Gasteiger partial charge on any atom is -0.455 e. The Labute approximate surface area is 228 Å². The molecule has 1 unspecified atom stereocenters. The largest absolute Gasteiger partial charge is 0.455 e. The number of hydrogen-bond acceptors (Lipinski definition) is 10. The number of para-hydroxylation sites is 1. The van der Waals surface area contributed by atoms with E-state index in [2.05, 4.69) is 13.2 Å². The fourth-order valence-electron chi connectivity index (χ4n) is 1.87. The first kappa shape index (κ1) is 42.3. The smallest absolute Gasteiger partial charge is 0.368 e. The number of esters is 1. The van der Waals surface area contributed by atoms with Gasteiger partial charge in [-0.2, -0.15) is 0 Å². The Morgan fingerprint density at radius 3 is 1.58 bits per heavy atom. The SMILES string of the molecule is C=C(C)C(=O)OCC(CCCC)(OOC(=O)C(=C)C)Oc1ccccc1.CCO.CCO.CCO.CCO. The number of carbonyl (C=O) groups is 2. The standard InChI is InChI=1S/C20H26O6.4C2H6O/c1-6-7-13-20(14-23-18(21)15(2)3,26-25-19(22)16(4)5)24-17-11-9-8-10-12-17;4*1-2-3/h8-12H,2,4,6-7,13-14H2,1,3,5H3;4*3H,2H2,1H3. The van der Waals surface area contributed by atoms with E-state index in [9.17, 15) is 9.59 Å². The molecule has 1 atom stereocenters. The van der Waals surface area contributed by atoms with Gasteiger partial charge in [0.25, 0.3) is 5.79 Å². The van der Waals surface area contributed by atoms with Gasteiger partial charge in [0.05, 0.1) is 0 Å². The summed E-state index contributed by atoms with van der Waals surface area (Å²) in [6.45, 7) is 19.5. The van der Waals surface area contributed by atoms with Crippen LogP contribution in [0.3, 0.4) is 0 Å². The number of aliphatic hydroxyl groups excluding tert-OH is 4. The minimum absolute atomic E-state index is 0.174. The summed E-state index contributed by atoms with van der Waals surface area (Å²) in [4.78, 5) is 33.7. The first-order valence-electron chi connectivity index (χ1n) is 12.5. The summed E-state index contributed by atoms with van der Waals surface area (Å²) in [6.07, 6.45) is 1.87. The quantitative estimate of drug-likeness (QED) is 0.105. The first-order chi connectivity index (χ1) is 18.0. The number of ether oxygens (including phenoxy) is 2. The molecule has 10 heteroatoms. The molecule has 0 aliphatic rings. The van der Waals surface area contributed by atoms with Crippen molar-refractivity contribution < 1.29 is 49.3 Å². The van der Waals surface area contributed by atoms with Crippen molar-refractivity contribution in [2.24, 2.45) is 0 Å². The van der Waals surface area contributed by atoms with Crippen LogP contribution in [0.15, 0.2) is 54.6 Å². The highest BCUT2D eigenvalue weighted by Gasteiger charge is 2.38. The van der Waals surface area contributed by atoms with E-state index in [4.69, 9.17) is 39.7 Å². The van der Waals surface area contributed by atoms with Gasteiger partial charge in [0.15, 0.2) is 6.61 Å². The number of rotatable bonds is 11. The fourth-order valence-corrected chi connectivity index (χ4v) is 1.87. The van der Waals surface area contributed by atoms with E-state index in [0.29, 0.717) is 18.6 Å². The van der Waals surface area contributed by atoms with Crippen LogP contribution in [0.25, 0.3) is 0 Å². The van der Waals surface area contributed by atoms with Crippen molar-refractivity contribution in [3.8, 4) is 5.75 Å². The van der Waals surface area contributed by atoms with Gasteiger partial charge < -0.3 is 29.9 Å². The molecule has 0 saturated heterocycles. The van der Waals surface area contributed by atoms with Gasteiger partial charge in [0.1, 0.15) is 5.75 Å². The highest BCUT2D eigenvalue weighted by Crippen LogP contribution is 2.26. The fraction of sp³-hybridized carbons (Fsp3) is 0.571. The Bertz CT molecular complexity index is 667. The van der Waals surface area contributed by atoms with E-state index in [1.807, 2.05) is 13.0 Å². The van der Waals surface area contributed by atoms with Crippen LogP contribution in [0.5, 0.6) is 5.75 Å². The molecule has 222 valence electrons. The van der Waals surface area contributed by atoms with E-state index >= 15 is 0 Å². The molecule has 0 aromatic heterocycles. The van der Waals surface area contributed by atoms with Gasteiger partial charge in [-0.05, 0) is 60.1 Å². The maximum Gasteiger partial charge on any atom is 0.368 e. The number of carbonyl (C=O) groups excluding carboxylic acids is 2. The van der Waals surface area contributed by atoms with Gasteiger partial charge in [0, 0.05) is 44.0 Å². The van der Waals surface area contributed by atoms with Gasteiger partial charge in [-0.25, -0.2) is 9.59 Å². The summed E-state index contributed by atoms with van der Waals surface area (Å²) in [6, 6.07) is 8.87. The predicted octanol–water partition coefficient (Wildman–Crippen LogP) is 4.12. The van der Waals surface area contributed by atoms with Crippen molar-refractivity contribution in [2.75, 3.05) is 33.0 Å². The summed E-state index contributed by atoms with van der Waals surface area (Å²) >= 11 is 0. The Balaban J connectivity index is -0.000000407. The third-order valence-electron chi connectivity index (χ3n) is 3.35. The summed E-state index contributed by atoms with van der Waals surface area (Å²) in [5.74, 6) is -2.30. The first-order valence-corrected chi connectivity index (χ1v) is 12.5. The van der Waals surface area contributed by atoms with Gasteiger partial charge in [0.2, 0.25) is 0 Å². The van der Waals surface area contributed by atoms with Gasteiger partial charge >= 0.3 is 11.9 Å². The second kappa shape index (κ2) is 30.5. The van der Waals surface area contributed by atoms with E-state index < -0.39 is 17.7 Å². The minimum atomic E-state index is -1.48. The van der Waals surface area contributed by atoms with Crippen molar-refractivity contribution in [1.29, 1.82) is 0 Å². The average Bonchev–Trinajstić information content (AvgIpc) is 2.87. The molecule has 0 fully saturated rings. The Morgan fingerprint density at radius 1 is 0.789 bits per heavy atom. The Morgan fingerprint density at radius 2 is 1.21 bits per heavy atom. The molecule has 38 heavy (non-hydrogen) atoms. The molecule has 0 spiro atoms. The van der Waals surface area contributed by atoms with Crippen molar-refractivity contribution in [3.63, 3.8) is 0 Å². The molecule has 0 heterocycles. The molecule has 10 nitrogen and oxygen atoms in total. The van der Waals surface area contributed by atoms with Crippen LogP contribution in [0, 0.1) is 0 Å². The van der Waals surface area contributed by atoms with Crippen molar-refractivity contribution in [3.05, 3.63) is 54.6 Å². The molecule has 0 saturated carbocycles. The number of hydrogen-bond donors (Lipinski definition) is 4. The summed E-state index contributed by atoms with van der Waals surface area (Å²) in [5.41, 5.74) is 0.418. The van der Waals surface area contributed by atoms with Gasteiger partial charge in [-0.15, -0.1) is 4.89 Å². The lowest BCUT2D eigenvalue weighted by Crippen LogP contribution is -2.45. The number of aliphatic hydroxyl groups is 4. The maximum absolute atomic E-state index is 11.8. The highest BCUT2D eigenvalue weighted by molar-refractivity contribution is 5.87. The number of unbranched alkanes of at least 4 members (excludes halogenated alkanes) is 1. The second-order valence-electron chi connectivity index (χ2n) is 7.29. The lowest BCUT2D eigenvalue weighted by molar-refractivity contribution is -0.391. The Hall–Kier alpha value is -2.76. The molecule has 0 radical (unpaired) electrons. The van der Waals surface area contributed by atoms with E-state index in [-0.39, 0.29) is 44.2 Å². The highest BCUT2D eigenvalue weighted by atomic mass is 17.2. The third kappa shape index (κ3) is 27.8. The molecular formula is C28H50O10. The van der Waals surface area contributed by atoms with Crippen LogP contribution in [0.4, 0.5) is 0 Å². The van der Waals surface area contributed by atoms with Crippen LogP contribution in [-0.4, -0.2) is 71.2 Å². The lowest BCUT2D eigenvalue weighted by Gasteiger charge is -2.31. The normalized spacial score (nSPS) is 10.5. The summed E-state index contributed by atoms with van der Waals surface area (Å²) in [5, 5.41) is 30.3. The summed E-state index contributed by atoms with van der Waals surface area (Å²) < 4.78 is 11.2. The predicted molar refractivity (Wildman–Crippen MR) is 148 cm³/mol. The van der Waals surface area contributed by atoms with E-state index in [1.54, 1.807) is 52.0 Å². The zero-order valence-electron chi connectivity index (χ0n) is 24.2. The number of benzene rings is 1. The molecule has 0 amide bonds. The Kier molecular flexibility index (Phi) is 33.9. The van der Waals surface area contributed by atoms with Crippen LogP contribution in [0.1, 0.15) is 67.7 Å². The zero-order chi connectivity index (χ0) is 30.4. The van der Waals surface area contributed by atoms with E-state index in [1.165, 1.54) is 13.8 Å². The topological polar surface area (TPSA) is 152 Å². The lowest BCUT2D eigenvalue weighted by atomic mass is 10.1. The monoisotopic (exact) mass is 546 g/mol. The van der Waals surface area contributed by atoms with Crippen LogP contribution < -0.4 is 4.74 Å². The zero-order valence-corrected chi connectivity index (χ0v) is 24.2. The molecule has 1 aromatic carbocycles. The van der Waals surface area contributed by atoms with Gasteiger partial charge in [-0.1, -0.05) is 44.7 Å². The van der Waals surface area contributed by atoms with Crippen LogP contribution in [-0.2, 0) is 24.1 Å². The van der Waals surface area contributed by atoms with Gasteiger partial charge in [-0.3, -0.25) is 4.89 Å². The molecule has 0 bridgehead atoms. The van der Waals surface area contributed by atoms with Crippen LogP contribution in [0.2, 0.25) is 0 Å². The molecule has 4 N–H and O–H groups in total. The molecule has 0 aliphatic heterocycles. The molecule has 1 aromatic rings. The molecule has 1 rings (SSSR count). The van der Waals surface area contributed by atoms with Crippen LogP contribution >= 0.6 is 0 Å². The van der Waals surface area contributed by atoms with Crippen molar-refractivity contribution >= 4 is 11.9 Å². The average molecular weight is 547 g/mol. The molecule has 0 aliphatic carbocycles.